The SMILES string of the molecule is Cc1ncc(S(=O)(=O)Nc2cccc(CCCCl)c2)s1. The molecule has 0 unspecified atom stereocenters. The number of thiazole rings is 1. The lowest BCUT2D eigenvalue weighted by Crippen LogP contribution is -2.11. The summed E-state index contributed by atoms with van der Waals surface area (Å²) in [6.07, 6.45) is 3.07. The van der Waals surface area contributed by atoms with Gasteiger partial charge >= 0.3 is 0 Å². The zero-order valence-corrected chi connectivity index (χ0v) is 13.4. The van der Waals surface area contributed by atoms with Crippen molar-refractivity contribution in [2.75, 3.05) is 10.6 Å². The summed E-state index contributed by atoms with van der Waals surface area (Å²) in [5, 5.41) is 0.723. The van der Waals surface area contributed by atoms with Gasteiger partial charge < -0.3 is 0 Å². The molecule has 1 aromatic carbocycles. The third-order valence-electron chi connectivity index (χ3n) is 2.64. The topological polar surface area (TPSA) is 59.1 Å². The van der Waals surface area contributed by atoms with E-state index in [1.54, 1.807) is 13.0 Å². The number of sulfonamides is 1. The van der Waals surface area contributed by atoms with Crippen molar-refractivity contribution in [3.63, 3.8) is 0 Å². The standard InChI is InChI=1S/C13H15ClN2O2S2/c1-10-15-9-13(19-10)20(17,18)16-12-6-2-4-11(8-12)5-3-7-14/h2,4,6,8-9,16H,3,5,7H2,1H3. The van der Waals surface area contributed by atoms with E-state index in [-0.39, 0.29) is 4.21 Å². The smallest absolute Gasteiger partial charge is 0.273 e. The lowest BCUT2D eigenvalue weighted by molar-refractivity contribution is 0.603. The van der Waals surface area contributed by atoms with Crippen LogP contribution in [0.2, 0.25) is 0 Å². The van der Waals surface area contributed by atoms with Gasteiger partial charge in [-0.05, 0) is 37.5 Å². The van der Waals surface area contributed by atoms with Crippen LogP contribution >= 0.6 is 22.9 Å². The van der Waals surface area contributed by atoms with E-state index in [0.29, 0.717) is 11.6 Å². The number of benzene rings is 1. The molecule has 1 heterocycles. The van der Waals surface area contributed by atoms with Crippen LogP contribution in [-0.2, 0) is 16.4 Å². The van der Waals surface area contributed by atoms with Crippen molar-refractivity contribution in [1.29, 1.82) is 0 Å². The van der Waals surface area contributed by atoms with Gasteiger partial charge in [0.15, 0.2) is 4.21 Å². The van der Waals surface area contributed by atoms with E-state index in [1.165, 1.54) is 6.20 Å². The first-order valence-electron chi connectivity index (χ1n) is 6.11. The van der Waals surface area contributed by atoms with Crippen LogP contribution in [-0.4, -0.2) is 19.3 Å². The van der Waals surface area contributed by atoms with Crippen molar-refractivity contribution >= 4 is 38.6 Å². The molecule has 2 aromatic rings. The van der Waals surface area contributed by atoms with E-state index in [2.05, 4.69) is 9.71 Å². The van der Waals surface area contributed by atoms with Gasteiger partial charge in [0.2, 0.25) is 0 Å². The van der Waals surface area contributed by atoms with Crippen molar-refractivity contribution in [2.24, 2.45) is 0 Å². The summed E-state index contributed by atoms with van der Waals surface area (Å²) in [5.41, 5.74) is 1.62. The molecule has 0 aliphatic rings. The Labute approximate surface area is 127 Å². The van der Waals surface area contributed by atoms with Crippen LogP contribution in [0.1, 0.15) is 17.0 Å². The predicted octanol–water partition coefficient (Wildman–Crippen LogP) is 3.42. The second-order valence-corrected chi connectivity index (χ2v) is 7.82. The zero-order chi connectivity index (χ0) is 14.6. The Hall–Kier alpha value is -1.11. The lowest BCUT2D eigenvalue weighted by Gasteiger charge is -2.07. The van der Waals surface area contributed by atoms with Crippen LogP contribution in [0, 0.1) is 6.92 Å². The van der Waals surface area contributed by atoms with Crippen LogP contribution in [0.25, 0.3) is 0 Å². The van der Waals surface area contributed by atoms with Crippen LogP contribution < -0.4 is 4.72 Å². The van der Waals surface area contributed by atoms with Crippen molar-refractivity contribution in [3.8, 4) is 0 Å². The molecular formula is C13H15ClN2O2S2. The summed E-state index contributed by atoms with van der Waals surface area (Å²) < 4.78 is 27.2. The number of aryl methyl sites for hydroxylation is 2. The van der Waals surface area contributed by atoms with Crippen LogP contribution in [0.15, 0.2) is 34.7 Å². The molecule has 1 N–H and O–H groups in total. The minimum Gasteiger partial charge on any atom is -0.279 e. The molecule has 7 heteroatoms. The maximum absolute atomic E-state index is 12.2. The average molecular weight is 331 g/mol. The van der Waals surface area contributed by atoms with E-state index in [0.717, 1.165) is 34.7 Å². The van der Waals surface area contributed by atoms with Gasteiger partial charge in [-0.3, -0.25) is 4.72 Å². The third-order valence-corrected chi connectivity index (χ3v) is 5.67. The highest BCUT2D eigenvalue weighted by Gasteiger charge is 2.17. The molecule has 0 radical (unpaired) electrons. The van der Waals surface area contributed by atoms with E-state index < -0.39 is 10.0 Å². The molecule has 0 saturated heterocycles. The van der Waals surface area contributed by atoms with Gasteiger partial charge in [0.1, 0.15) is 0 Å². The number of rotatable bonds is 6. The summed E-state index contributed by atoms with van der Waals surface area (Å²) in [4.78, 5) is 3.97. The minimum absolute atomic E-state index is 0.223. The fourth-order valence-electron chi connectivity index (χ4n) is 1.73. The Bertz CT molecular complexity index is 683. The van der Waals surface area contributed by atoms with Crippen LogP contribution in [0.5, 0.6) is 0 Å². The van der Waals surface area contributed by atoms with Crippen molar-refractivity contribution in [1.82, 2.24) is 4.98 Å². The number of aromatic nitrogens is 1. The number of nitrogens with zero attached hydrogens (tertiary/aromatic N) is 1. The van der Waals surface area contributed by atoms with Gasteiger partial charge in [-0.2, -0.15) is 0 Å². The molecule has 1 aromatic heterocycles. The number of hydrogen-bond acceptors (Lipinski definition) is 4. The molecular weight excluding hydrogens is 316 g/mol. The highest BCUT2D eigenvalue weighted by atomic mass is 35.5. The molecule has 0 aliphatic carbocycles. The maximum atomic E-state index is 12.2. The molecule has 0 amide bonds. The Morgan fingerprint density at radius 1 is 1.40 bits per heavy atom. The summed E-state index contributed by atoms with van der Waals surface area (Å²) in [7, 11) is -3.55. The predicted molar refractivity (Wildman–Crippen MR) is 83.1 cm³/mol. The van der Waals surface area contributed by atoms with Crippen LogP contribution in [0.4, 0.5) is 5.69 Å². The van der Waals surface area contributed by atoms with Gasteiger partial charge in [0, 0.05) is 11.6 Å². The quantitative estimate of drug-likeness (QED) is 0.825. The summed E-state index contributed by atoms with van der Waals surface area (Å²) in [6.45, 7) is 1.77. The number of alkyl halides is 1. The minimum atomic E-state index is -3.55. The molecule has 0 aliphatic heterocycles. The van der Waals surface area contributed by atoms with E-state index >= 15 is 0 Å². The average Bonchev–Trinajstić information content (AvgIpc) is 2.84. The fraction of sp³-hybridized carbons (Fsp3) is 0.308. The third kappa shape index (κ3) is 3.94. The van der Waals surface area contributed by atoms with Gasteiger partial charge in [-0.1, -0.05) is 12.1 Å². The Kier molecular flexibility index (Phi) is 5.01. The van der Waals surface area contributed by atoms with Gasteiger partial charge in [0.25, 0.3) is 10.0 Å². The molecule has 0 atom stereocenters. The van der Waals surface area contributed by atoms with E-state index in [4.69, 9.17) is 11.6 Å². The van der Waals surface area contributed by atoms with E-state index in [9.17, 15) is 8.42 Å². The largest absolute Gasteiger partial charge is 0.279 e. The first-order chi connectivity index (χ1) is 9.51. The van der Waals surface area contributed by atoms with Gasteiger partial charge in [0.05, 0.1) is 11.2 Å². The molecule has 0 spiro atoms. The lowest BCUT2D eigenvalue weighted by atomic mass is 10.1. The van der Waals surface area contributed by atoms with Crippen LogP contribution in [0.3, 0.4) is 0 Å². The number of halogens is 1. The van der Waals surface area contributed by atoms with Gasteiger partial charge in [-0.25, -0.2) is 13.4 Å². The maximum Gasteiger partial charge on any atom is 0.273 e. The molecule has 108 valence electrons. The van der Waals surface area contributed by atoms with Gasteiger partial charge in [-0.15, -0.1) is 22.9 Å². The molecule has 0 fully saturated rings. The molecule has 20 heavy (non-hydrogen) atoms. The molecule has 0 bridgehead atoms. The molecule has 2 rings (SSSR count). The first-order valence-corrected chi connectivity index (χ1v) is 8.95. The monoisotopic (exact) mass is 330 g/mol. The van der Waals surface area contributed by atoms with Crippen molar-refractivity contribution < 1.29 is 8.42 Å². The number of nitrogens with one attached hydrogen (secondary N) is 1. The highest BCUT2D eigenvalue weighted by Crippen LogP contribution is 2.22. The zero-order valence-electron chi connectivity index (χ0n) is 11.0. The summed E-state index contributed by atoms with van der Waals surface area (Å²) in [6, 6.07) is 7.36. The molecule has 4 nitrogen and oxygen atoms in total. The van der Waals surface area contributed by atoms with E-state index in [1.807, 2.05) is 18.2 Å². The summed E-state index contributed by atoms with van der Waals surface area (Å²) >= 11 is 6.82. The summed E-state index contributed by atoms with van der Waals surface area (Å²) in [5.74, 6) is 0.593. The first kappa shape index (κ1) is 15.3. The highest BCUT2D eigenvalue weighted by molar-refractivity contribution is 7.94. The normalized spacial score (nSPS) is 11.5. The Morgan fingerprint density at radius 2 is 2.20 bits per heavy atom. The second-order valence-electron chi connectivity index (χ2n) is 4.30. The fourth-order valence-corrected chi connectivity index (χ4v) is 4.02. The Morgan fingerprint density at radius 3 is 2.85 bits per heavy atom. The van der Waals surface area contributed by atoms with Crippen molar-refractivity contribution in [2.45, 2.75) is 24.0 Å². The second kappa shape index (κ2) is 6.56. The van der Waals surface area contributed by atoms with Crippen molar-refractivity contribution in [3.05, 3.63) is 41.0 Å². The number of hydrogen-bond donors (Lipinski definition) is 1. The Balaban J connectivity index is 2.17. The number of anilines is 1. The molecule has 0 saturated carbocycles.